The van der Waals surface area contributed by atoms with E-state index >= 15 is 0 Å². The number of carbonyl (C=O) groups excluding carboxylic acids is 1. The van der Waals surface area contributed by atoms with Crippen LogP contribution in [0.2, 0.25) is 0 Å². The van der Waals surface area contributed by atoms with E-state index in [1.807, 2.05) is 6.92 Å². The molecule has 0 bridgehead atoms. The van der Waals surface area contributed by atoms with Crippen LogP contribution >= 0.6 is 11.8 Å². The molecule has 3 atom stereocenters. The Kier molecular flexibility index (Phi) is 2.77. The molecule has 0 spiro atoms. The molecule has 1 aliphatic rings. The quantitative estimate of drug-likeness (QED) is 0.281. The zero-order valence-electron chi connectivity index (χ0n) is 7.32. The first-order valence-corrected chi connectivity index (χ1v) is 4.89. The van der Waals surface area contributed by atoms with Gasteiger partial charge in [0.1, 0.15) is 12.5 Å². The van der Waals surface area contributed by atoms with Gasteiger partial charge >= 0.3 is 0 Å². The van der Waals surface area contributed by atoms with Gasteiger partial charge in [0.25, 0.3) is 0 Å². The fourth-order valence-electron chi connectivity index (χ4n) is 1.43. The van der Waals surface area contributed by atoms with Gasteiger partial charge in [0.05, 0.1) is 10.5 Å². The van der Waals surface area contributed by atoms with Crippen LogP contribution in [0.5, 0.6) is 0 Å². The molecule has 0 aromatic rings. The number of rotatable bonds is 2. The third-order valence-electron chi connectivity index (χ3n) is 2.20. The molecule has 0 aliphatic carbocycles. The van der Waals surface area contributed by atoms with Crippen molar-refractivity contribution in [1.29, 1.82) is 0 Å². The Balaban J connectivity index is 2.62. The fraction of sp³-hybridized carbons (Fsp3) is 0.750. The molecular weight excluding hydrogens is 174 g/mol. The van der Waals surface area contributed by atoms with E-state index in [0.717, 1.165) is 4.74 Å². The Morgan fingerprint density at radius 1 is 1.75 bits per heavy atom. The van der Waals surface area contributed by atoms with Gasteiger partial charge in [0.2, 0.25) is 0 Å². The predicted molar refractivity (Wildman–Crippen MR) is 50.7 cm³/mol. The van der Waals surface area contributed by atoms with Gasteiger partial charge in [-0.1, -0.05) is 0 Å². The minimum absolute atomic E-state index is 0.00296. The first-order valence-electron chi connectivity index (χ1n) is 3.95. The SMILES string of the molecule is C=[N+]([O-])C1CC(C(C)=O)SC1C. The summed E-state index contributed by atoms with van der Waals surface area (Å²) in [4.78, 5) is 11.0. The molecule has 1 heterocycles. The average Bonchev–Trinajstić information content (AvgIpc) is 2.30. The van der Waals surface area contributed by atoms with Crippen LogP contribution in [0.1, 0.15) is 20.3 Å². The molecule has 3 nitrogen and oxygen atoms in total. The molecule has 1 rings (SSSR count). The van der Waals surface area contributed by atoms with Crippen molar-refractivity contribution in [2.75, 3.05) is 0 Å². The van der Waals surface area contributed by atoms with E-state index in [1.54, 1.807) is 18.7 Å². The van der Waals surface area contributed by atoms with Crippen molar-refractivity contribution in [1.82, 2.24) is 0 Å². The highest BCUT2D eigenvalue weighted by molar-refractivity contribution is 8.01. The number of hydrogen-bond acceptors (Lipinski definition) is 3. The van der Waals surface area contributed by atoms with Crippen LogP contribution in [0.15, 0.2) is 0 Å². The van der Waals surface area contributed by atoms with Crippen LogP contribution < -0.4 is 0 Å². The lowest BCUT2D eigenvalue weighted by Gasteiger charge is -2.12. The highest BCUT2D eigenvalue weighted by Gasteiger charge is 2.38. The first-order chi connectivity index (χ1) is 5.52. The van der Waals surface area contributed by atoms with Crippen LogP contribution in [0.25, 0.3) is 0 Å². The monoisotopic (exact) mass is 187 g/mol. The summed E-state index contributed by atoms with van der Waals surface area (Å²) in [5.74, 6) is 0.163. The average molecular weight is 187 g/mol. The third-order valence-corrected chi connectivity index (χ3v) is 3.80. The second-order valence-electron chi connectivity index (χ2n) is 3.16. The third kappa shape index (κ3) is 1.80. The van der Waals surface area contributed by atoms with E-state index in [0.29, 0.717) is 6.42 Å². The van der Waals surface area contributed by atoms with Crippen LogP contribution in [-0.4, -0.2) is 33.8 Å². The summed E-state index contributed by atoms with van der Waals surface area (Å²) >= 11 is 1.58. The van der Waals surface area contributed by atoms with Gasteiger partial charge in [-0.3, -0.25) is 4.79 Å². The summed E-state index contributed by atoms with van der Waals surface area (Å²) in [6.45, 7) is 6.86. The number of hydroxylamine groups is 1. The number of ketones is 1. The molecule has 1 saturated heterocycles. The summed E-state index contributed by atoms with van der Waals surface area (Å²) in [7, 11) is 0. The van der Waals surface area contributed by atoms with Gasteiger partial charge in [0, 0.05) is 6.42 Å². The molecule has 4 heteroatoms. The smallest absolute Gasteiger partial charge is 0.175 e. The van der Waals surface area contributed by atoms with Crippen molar-refractivity contribution < 1.29 is 9.53 Å². The molecule has 0 aromatic heterocycles. The molecule has 3 unspecified atom stereocenters. The van der Waals surface area contributed by atoms with E-state index in [-0.39, 0.29) is 22.3 Å². The molecule has 0 aromatic carbocycles. The van der Waals surface area contributed by atoms with E-state index in [4.69, 9.17) is 0 Å². The Bertz CT molecular complexity index is 217. The van der Waals surface area contributed by atoms with E-state index in [9.17, 15) is 10.0 Å². The molecule has 1 fully saturated rings. The predicted octanol–water partition coefficient (Wildman–Crippen LogP) is 1.05. The summed E-state index contributed by atoms with van der Waals surface area (Å²) in [5, 5.41) is 11.1. The maximum atomic E-state index is 11.0. The van der Waals surface area contributed by atoms with Gasteiger partial charge in [-0.05, 0) is 13.8 Å². The topological polar surface area (TPSA) is 43.1 Å². The minimum atomic E-state index is -0.0936. The number of nitrogens with zero attached hydrogens (tertiary/aromatic N) is 1. The molecular formula is C8H13NO2S. The summed E-state index contributed by atoms with van der Waals surface area (Å²) in [6.07, 6.45) is 0.647. The molecule has 0 N–H and O–H groups in total. The van der Waals surface area contributed by atoms with Crippen molar-refractivity contribution in [3.8, 4) is 0 Å². The first kappa shape index (κ1) is 9.58. The molecule has 0 saturated carbocycles. The van der Waals surface area contributed by atoms with Gasteiger partial charge < -0.3 is 5.21 Å². The lowest BCUT2D eigenvalue weighted by atomic mass is 10.1. The van der Waals surface area contributed by atoms with E-state index < -0.39 is 0 Å². The molecule has 0 radical (unpaired) electrons. The molecule has 1 aliphatic heterocycles. The zero-order valence-corrected chi connectivity index (χ0v) is 8.13. The largest absolute Gasteiger partial charge is 0.624 e. The van der Waals surface area contributed by atoms with E-state index in [2.05, 4.69) is 6.72 Å². The standard InChI is InChI=1S/C8H13NO2S/c1-5(10)8-4-7(9(3)11)6(2)12-8/h6-8H,3-4H2,1-2H3. The molecule has 0 amide bonds. The van der Waals surface area contributed by atoms with Crippen molar-refractivity contribution in [3.05, 3.63) is 5.21 Å². The van der Waals surface area contributed by atoms with Crippen LogP contribution in [0.3, 0.4) is 0 Å². The Hall–Kier alpha value is -0.510. The zero-order chi connectivity index (χ0) is 9.30. The van der Waals surface area contributed by atoms with Gasteiger partial charge in [-0.2, -0.15) is 0 Å². The van der Waals surface area contributed by atoms with Gasteiger partial charge in [-0.25, -0.2) is 4.74 Å². The van der Waals surface area contributed by atoms with Gasteiger partial charge in [0.15, 0.2) is 6.04 Å². The Morgan fingerprint density at radius 2 is 2.33 bits per heavy atom. The van der Waals surface area contributed by atoms with E-state index in [1.165, 1.54) is 0 Å². The summed E-state index contributed by atoms with van der Waals surface area (Å²) in [6, 6.07) is -0.0936. The lowest BCUT2D eigenvalue weighted by molar-refractivity contribution is -0.490. The number of hydrogen-bond donors (Lipinski definition) is 0. The van der Waals surface area contributed by atoms with Crippen LogP contribution in [0.4, 0.5) is 0 Å². The van der Waals surface area contributed by atoms with Crippen molar-refractivity contribution in [2.24, 2.45) is 0 Å². The van der Waals surface area contributed by atoms with Crippen LogP contribution in [0, 0.1) is 5.21 Å². The Labute approximate surface area is 76.4 Å². The maximum Gasteiger partial charge on any atom is 0.175 e. The highest BCUT2D eigenvalue weighted by atomic mass is 32.2. The number of carbonyl (C=O) groups is 1. The number of Topliss-reactive ketones (excluding diaryl/α,β-unsaturated/α-hetero) is 1. The van der Waals surface area contributed by atoms with Crippen molar-refractivity contribution >= 4 is 24.3 Å². The van der Waals surface area contributed by atoms with Gasteiger partial charge in [-0.15, -0.1) is 11.8 Å². The second kappa shape index (κ2) is 3.47. The summed E-state index contributed by atoms with van der Waals surface area (Å²) < 4.78 is 0.723. The van der Waals surface area contributed by atoms with Crippen molar-refractivity contribution in [3.63, 3.8) is 0 Å². The van der Waals surface area contributed by atoms with Crippen LogP contribution in [-0.2, 0) is 4.79 Å². The minimum Gasteiger partial charge on any atom is -0.624 e. The second-order valence-corrected chi connectivity index (χ2v) is 4.75. The number of thioether (sulfide) groups is 1. The fourth-order valence-corrected chi connectivity index (χ4v) is 2.88. The lowest BCUT2D eigenvalue weighted by Crippen LogP contribution is -2.26. The highest BCUT2D eigenvalue weighted by Crippen LogP contribution is 2.35. The Morgan fingerprint density at radius 3 is 2.58 bits per heavy atom. The normalized spacial score (nSPS) is 35.0. The summed E-state index contributed by atoms with van der Waals surface area (Å²) in [5.41, 5.74) is 0. The molecule has 12 heavy (non-hydrogen) atoms. The molecule has 68 valence electrons. The van der Waals surface area contributed by atoms with Crippen molar-refractivity contribution in [2.45, 2.75) is 36.8 Å². The maximum absolute atomic E-state index is 11.0.